The molecule has 0 heterocycles. The molecule has 0 aliphatic rings. The van der Waals surface area contributed by atoms with Crippen LogP contribution in [0.1, 0.15) is 25.0 Å². The van der Waals surface area contributed by atoms with Gasteiger partial charge in [-0.15, -0.1) is 0 Å². The van der Waals surface area contributed by atoms with Crippen molar-refractivity contribution in [1.29, 1.82) is 0 Å². The normalized spacial score (nSPS) is 11.1. The highest BCUT2D eigenvalue weighted by atomic mass is 35.5. The largest absolute Gasteiger partial charge is 0.337 e. The van der Waals surface area contributed by atoms with Crippen LogP contribution in [-0.4, -0.2) is 12.6 Å². The van der Waals surface area contributed by atoms with Crippen LogP contribution < -0.4 is 10.6 Å². The lowest BCUT2D eigenvalue weighted by Gasteiger charge is -2.25. The molecule has 0 aromatic heterocycles. The first-order valence-electron chi connectivity index (χ1n) is 7.24. The number of benzene rings is 2. The van der Waals surface area contributed by atoms with Crippen LogP contribution in [0.2, 0.25) is 5.02 Å². The third kappa shape index (κ3) is 4.50. The van der Waals surface area contributed by atoms with Gasteiger partial charge in [-0.25, -0.2) is 4.79 Å². The minimum atomic E-state index is -0.201. The molecule has 0 bridgehead atoms. The minimum Gasteiger partial charge on any atom is -0.337 e. The summed E-state index contributed by atoms with van der Waals surface area (Å²) in [7, 11) is 0. The van der Waals surface area contributed by atoms with Crippen molar-refractivity contribution in [2.75, 3.05) is 11.9 Å². The van der Waals surface area contributed by atoms with Gasteiger partial charge in [-0.2, -0.15) is 0 Å². The number of hydrogen-bond donors (Lipinski definition) is 2. The summed E-state index contributed by atoms with van der Waals surface area (Å²) in [6, 6.07) is 15.2. The van der Waals surface area contributed by atoms with E-state index in [1.807, 2.05) is 55.5 Å². The minimum absolute atomic E-state index is 0.172. The van der Waals surface area contributed by atoms with Crippen molar-refractivity contribution in [3.05, 3.63) is 64.7 Å². The highest BCUT2D eigenvalue weighted by Crippen LogP contribution is 2.23. The molecule has 22 heavy (non-hydrogen) atoms. The van der Waals surface area contributed by atoms with E-state index in [9.17, 15) is 4.79 Å². The number of halogens is 1. The van der Waals surface area contributed by atoms with Gasteiger partial charge in [0.05, 0.1) is 0 Å². The van der Waals surface area contributed by atoms with Crippen LogP contribution in [0.4, 0.5) is 10.5 Å². The van der Waals surface area contributed by atoms with E-state index in [0.717, 1.165) is 16.8 Å². The molecule has 0 saturated heterocycles. The van der Waals surface area contributed by atoms with Gasteiger partial charge in [0, 0.05) is 22.7 Å². The van der Waals surface area contributed by atoms with E-state index in [0.29, 0.717) is 11.6 Å². The van der Waals surface area contributed by atoms with Crippen LogP contribution in [0.15, 0.2) is 48.5 Å². The topological polar surface area (TPSA) is 41.1 Å². The Hall–Kier alpha value is -2.00. The molecular formula is C18H21ClN2O. The molecule has 0 aliphatic heterocycles. The van der Waals surface area contributed by atoms with E-state index >= 15 is 0 Å². The van der Waals surface area contributed by atoms with E-state index in [-0.39, 0.29) is 11.4 Å². The van der Waals surface area contributed by atoms with Crippen LogP contribution >= 0.6 is 11.6 Å². The number of hydrogen-bond acceptors (Lipinski definition) is 1. The van der Waals surface area contributed by atoms with Gasteiger partial charge in [0.15, 0.2) is 0 Å². The van der Waals surface area contributed by atoms with Crippen LogP contribution in [-0.2, 0) is 5.41 Å². The molecule has 0 atom stereocenters. The molecule has 0 unspecified atom stereocenters. The quantitative estimate of drug-likeness (QED) is 0.839. The number of anilines is 1. The Labute approximate surface area is 136 Å². The van der Waals surface area contributed by atoms with E-state index in [1.54, 1.807) is 0 Å². The van der Waals surface area contributed by atoms with E-state index in [1.165, 1.54) is 0 Å². The van der Waals surface area contributed by atoms with Crippen LogP contribution in [0.3, 0.4) is 0 Å². The number of carbonyl (C=O) groups is 1. The lowest BCUT2D eigenvalue weighted by molar-refractivity contribution is 0.249. The number of carbonyl (C=O) groups excluding carboxylic acids is 1. The van der Waals surface area contributed by atoms with Gasteiger partial charge in [0.25, 0.3) is 0 Å². The van der Waals surface area contributed by atoms with Crippen molar-refractivity contribution in [3.63, 3.8) is 0 Å². The average molecular weight is 317 g/mol. The van der Waals surface area contributed by atoms with Gasteiger partial charge >= 0.3 is 6.03 Å². The van der Waals surface area contributed by atoms with Gasteiger partial charge in [-0.3, -0.25) is 0 Å². The molecule has 2 aromatic carbocycles. The monoisotopic (exact) mass is 316 g/mol. The first-order valence-corrected chi connectivity index (χ1v) is 7.62. The van der Waals surface area contributed by atoms with Crippen molar-refractivity contribution in [2.24, 2.45) is 0 Å². The molecule has 0 radical (unpaired) electrons. The summed E-state index contributed by atoms with van der Waals surface area (Å²) in [6.07, 6.45) is 0. The second kappa shape index (κ2) is 6.84. The second-order valence-corrected chi connectivity index (χ2v) is 6.50. The lowest BCUT2D eigenvalue weighted by Crippen LogP contribution is -2.38. The third-order valence-corrected chi connectivity index (χ3v) is 3.84. The van der Waals surface area contributed by atoms with Crippen LogP contribution in [0.25, 0.3) is 0 Å². The molecule has 2 amide bonds. The van der Waals surface area contributed by atoms with Crippen molar-refractivity contribution in [1.82, 2.24) is 5.32 Å². The van der Waals surface area contributed by atoms with Crippen molar-refractivity contribution in [3.8, 4) is 0 Å². The summed E-state index contributed by atoms with van der Waals surface area (Å²) in [5, 5.41) is 6.48. The number of rotatable bonds is 4. The number of urea groups is 1. The molecule has 0 saturated carbocycles. The van der Waals surface area contributed by atoms with Gasteiger partial charge in [0.1, 0.15) is 0 Å². The highest BCUT2D eigenvalue weighted by molar-refractivity contribution is 6.30. The van der Waals surface area contributed by atoms with Crippen molar-refractivity contribution >= 4 is 23.3 Å². The maximum Gasteiger partial charge on any atom is 0.319 e. The molecule has 2 N–H and O–H groups in total. The van der Waals surface area contributed by atoms with E-state index in [4.69, 9.17) is 11.6 Å². The molecule has 116 valence electrons. The summed E-state index contributed by atoms with van der Waals surface area (Å²) in [5.41, 5.74) is 2.86. The predicted molar refractivity (Wildman–Crippen MR) is 92.7 cm³/mol. The van der Waals surface area contributed by atoms with Gasteiger partial charge in [0.2, 0.25) is 0 Å². The van der Waals surface area contributed by atoms with Crippen LogP contribution in [0, 0.1) is 6.92 Å². The zero-order valence-electron chi connectivity index (χ0n) is 13.1. The van der Waals surface area contributed by atoms with E-state index < -0.39 is 0 Å². The SMILES string of the molecule is Cc1cccc(NC(=O)NCC(C)(C)c2ccc(Cl)cc2)c1. The highest BCUT2D eigenvalue weighted by Gasteiger charge is 2.21. The molecule has 0 spiro atoms. The first kappa shape index (κ1) is 16.4. The molecule has 3 nitrogen and oxygen atoms in total. The van der Waals surface area contributed by atoms with Gasteiger partial charge in [-0.05, 0) is 42.3 Å². The standard InChI is InChI=1S/C18H21ClN2O/c1-13-5-4-6-16(11-13)21-17(22)20-12-18(2,3)14-7-9-15(19)10-8-14/h4-11H,12H2,1-3H3,(H2,20,21,22). The molecular weight excluding hydrogens is 296 g/mol. The van der Waals surface area contributed by atoms with Crippen molar-refractivity contribution in [2.45, 2.75) is 26.2 Å². The lowest BCUT2D eigenvalue weighted by atomic mass is 9.85. The Morgan fingerprint density at radius 2 is 1.82 bits per heavy atom. The summed E-state index contributed by atoms with van der Waals surface area (Å²) < 4.78 is 0. The Balaban J connectivity index is 1.93. The van der Waals surface area contributed by atoms with Gasteiger partial charge in [-0.1, -0.05) is 49.7 Å². The fourth-order valence-corrected chi connectivity index (χ4v) is 2.33. The number of amides is 2. The summed E-state index contributed by atoms with van der Waals surface area (Å²) in [4.78, 5) is 12.0. The zero-order valence-corrected chi connectivity index (χ0v) is 13.9. The Morgan fingerprint density at radius 1 is 1.14 bits per heavy atom. The van der Waals surface area contributed by atoms with E-state index in [2.05, 4.69) is 24.5 Å². The summed E-state index contributed by atoms with van der Waals surface area (Å²) in [6.45, 7) is 6.70. The maximum absolute atomic E-state index is 12.0. The Kier molecular flexibility index (Phi) is 5.09. The van der Waals surface area contributed by atoms with Crippen LogP contribution in [0.5, 0.6) is 0 Å². The second-order valence-electron chi connectivity index (χ2n) is 6.07. The molecule has 2 aromatic rings. The molecule has 2 rings (SSSR count). The number of nitrogens with one attached hydrogen (secondary N) is 2. The molecule has 4 heteroatoms. The predicted octanol–water partition coefficient (Wildman–Crippen LogP) is 4.75. The van der Waals surface area contributed by atoms with Crippen molar-refractivity contribution < 1.29 is 4.79 Å². The number of aryl methyl sites for hydroxylation is 1. The molecule has 0 aliphatic carbocycles. The Bertz CT molecular complexity index is 650. The Morgan fingerprint density at radius 3 is 2.45 bits per heavy atom. The fraction of sp³-hybridized carbons (Fsp3) is 0.278. The maximum atomic E-state index is 12.0. The molecule has 0 fully saturated rings. The van der Waals surface area contributed by atoms with Gasteiger partial charge < -0.3 is 10.6 Å². The summed E-state index contributed by atoms with van der Waals surface area (Å²) >= 11 is 5.91. The average Bonchev–Trinajstić information content (AvgIpc) is 2.46. The smallest absolute Gasteiger partial charge is 0.319 e. The fourth-order valence-electron chi connectivity index (χ4n) is 2.20. The third-order valence-electron chi connectivity index (χ3n) is 3.59. The zero-order chi connectivity index (χ0) is 16.2. The summed E-state index contributed by atoms with van der Waals surface area (Å²) in [5.74, 6) is 0. The first-order chi connectivity index (χ1) is 10.4.